The van der Waals surface area contributed by atoms with Gasteiger partial charge in [0.15, 0.2) is 12.1 Å². The van der Waals surface area contributed by atoms with Crippen LogP contribution in [0.1, 0.15) is 68.1 Å². The van der Waals surface area contributed by atoms with Crippen molar-refractivity contribution in [1.82, 2.24) is 20.5 Å². The molecule has 10 heteroatoms. The minimum atomic E-state index is -1.73. The largest absolute Gasteiger partial charge is 0.488 e. The SMILES string of the molecule is CC1(NC(=O)OC2CCC(c3cc(Nc4nccc5c(C(O)O)c(OCc6ccccc6)ccc45)n[nH]3)C2)CC1. The minimum absolute atomic E-state index is 0.0958. The van der Waals surface area contributed by atoms with Crippen LogP contribution in [0.4, 0.5) is 16.4 Å². The molecule has 0 saturated heterocycles. The second kappa shape index (κ2) is 10.8. The summed E-state index contributed by atoms with van der Waals surface area (Å²) in [5.74, 6) is 1.72. The van der Waals surface area contributed by atoms with Crippen LogP contribution in [-0.2, 0) is 11.3 Å². The van der Waals surface area contributed by atoms with Gasteiger partial charge in [0, 0.05) is 34.8 Å². The van der Waals surface area contributed by atoms with Gasteiger partial charge in [-0.3, -0.25) is 5.10 Å². The van der Waals surface area contributed by atoms with Gasteiger partial charge in [-0.25, -0.2) is 9.78 Å². The summed E-state index contributed by atoms with van der Waals surface area (Å²) >= 11 is 0. The number of carbonyl (C=O) groups excluding carboxylic acids is 1. The van der Waals surface area contributed by atoms with E-state index in [1.165, 1.54) is 0 Å². The molecule has 2 heterocycles. The summed E-state index contributed by atoms with van der Waals surface area (Å²) in [7, 11) is 0. The Bertz CT molecular complexity index is 1500. The first-order valence-electron chi connectivity index (χ1n) is 13.6. The second-order valence-corrected chi connectivity index (χ2v) is 10.9. The maximum atomic E-state index is 12.2. The van der Waals surface area contributed by atoms with E-state index in [0.717, 1.165) is 43.4 Å². The lowest BCUT2D eigenvalue weighted by atomic mass is 10.0. The lowest BCUT2D eigenvalue weighted by Crippen LogP contribution is -2.36. The fourth-order valence-electron chi connectivity index (χ4n) is 5.29. The fraction of sp³-hybridized carbons (Fsp3) is 0.367. The Morgan fingerprint density at radius 3 is 2.73 bits per heavy atom. The molecule has 1 amide bonds. The number of hydrogen-bond donors (Lipinski definition) is 5. The molecule has 2 aliphatic carbocycles. The first-order valence-corrected chi connectivity index (χ1v) is 13.6. The molecule has 0 aliphatic heterocycles. The van der Waals surface area contributed by atoms with Crippen LogP contribution in [0.25, 0.3) is 10.8 Å². The Morgan fingerprint density at radius 1 is 1.12 bits per heavy atom. The number of nitrogens with one attached hydrogen (secondary N) is 3. The molecule has 0 radical (unpaired) electrons. The van der Waals surface area contributed by atoms with E-state index in [1.807, 2.05) is 49.4 Å². The number of anilines is 2. The molecule has 40 heavy (non-hydrogen) atoms. The number of aliphatic hydroxyl groups is 2. The molecule has 5 N–H and O–H groups in total. The van der Waals surface area contributed by atoms with E-state index in [4.69, 9.17) is 9.47 Å². The molecule has 2 aromatic carbocycles. The summed E-state index contributed by atoms with van der Waals surface area (Å²) < 4.78 is 11.6. The summed E-state index contributed by atoms with van der Waals surface area (Å²) in [5.41, 5.74) is 2.12. The van der Waals surface area contributed by atoms with Gasteiger partial charge < -0.3 is 30.3 Å². The highest BCUT2D eigenvalue weighted by Crippen LogP contribution is 2.39. The molecule has 10 nitrogen and oxygen atoms in total. The van der Waals surface area contributed by atoms with Crippen molar-refractivity contribution in [3.63, 3.8) is 0 Å². The number of rotatable bonds is 9. The van der Waals surface area contributed by atoms with Gasteiger partial charge in [0.25, 0.3) is 0 Å². The summed E-state index contributed by atoms with van der Waals surface area (Å²) in [6.45, 7) is 2.33. The van der Waals surface area contributed by atoms with Crippen LogP contribution in [0.2, 0.25) is 0 Å². The van der Waals surface area contributed by atoms with Crippen molar-refractivity contribution in [2.45, 2.75) is 69.5 Å². The number of fused-ring (bicyclic) bond motifs is 1. The maximum absolute atomic E-state index is 12.2. The number of aliphatic hydroxyl groups excluding tert-OH is 1. The lowest BCUT2D eigenvalue weighted by molar-refractivity contribution is -0.0431. The van der Waals surface area contributed by atoms with Gasteiger partial charge >= 0.3 is 6.09 Å². The monoisotopic (exact) mass is 543 g/mol. The number of hydrogen-bond acceptors (Lipinski definition) is 8. The minimum Gasteiger partial charge on any atom is -0.488 e. The van der Waals surface area contributed by atoms with Gasteiger partial charge in [-0.2, -0.15) is 5.10 Å². The number of pyridine rings is 1. The van der Waals surface area contributed by atoms with Gasteiger partial charge in [0.2, 0.25) is 0 Å². The van der Waals surface area contributed by atoms with Crippen LogP contribution >= 0.6 is 0 Å². The molecule has 2 aromatic heterocycles. The number of carbonyl (C=O) groups is 1. The topological polar surface area (TPSA) is 142 Å². The number of alkyl carbamates (subject to hydrolysis) is 1. The van der Waals surface area contributed by atoms with E-state index in [1.54, 1.807) is 18.3 Å². The van der Waals surface area contributed by atoms with E-state index < -0.39 is 6.29 Å². The molecule has 0 bridgehead atoms. The van der Waals surface area contributed by atoms with Crippen molar-refractivity contribution in [3.8, 4) is 5.75 Å². The van der Waals surface area contributed by atoms with Crippen molar-refractivity contribution in [3.05, 3.63) is 77.6 Å². The van der Waals surface area contributed by atoms with Gasteiger partial charge in [0.1, 0.15) is 24.3 Å². The van der Waals surface area contributed by atoms with Crippen molar-refractivity contribution < 1.29 is 24.5 Å². The highest BCUT2D eigenvalue weighted by atomic mass is 16.6. The van der Waals surface area contributed by atoms with Crippen molar-refractivity contribution in [2.75, 3.05) is 5.32 Å². The number of amides is 1. The molecule has 0 spiro atoms. The van der Waals surface area contributed by atoms with Gasteiger partial charge in [-0.05, 0) is 68.2 Å². The van der Waals surface area contributed by atoms with Crippen LogP contribution in [0.15, 0.2) is 60.8 Å². The number of aromatic amines is 1. The molecule has 2 fully saturated rings. The first-order chi connectivity index (χ1) is 19.4. The summed E-state index contributed by atoms with van der Waals surface area (Å²) in [4.78, 5) is 16.7. The van der Waals surface area contributed by atoms with E-state index in [2.05, 4.69) is 25.8 Å². The van der Waals surface area contributed by atoms with E-state index in [9.17, 15) is 15.0 Å². The molecular formula is C30H33N5O5. The average molecular weight is 544 g/mol. The zero-order valence-electron chi connectivity index (χ0n) is 22.3. The van der Waals surface area contributed by atoms with Crippen LogP contribution in [0, 0.1) is 0 Å². The van der Waals surface area contributed by atoms with Crippen LogP contribution in [-0.4, -0.2) is 43.1 Å². The molecule has 208 valence electrons. The Morgan fingerprint density at radius 2 is 1.95 bits per heavy atom. The third-order valence-corrected chi connectivity index (χ3v) is 7.79. The fourth-order valence-corrected chi connectivity index (χ4v) is 5.29. The van der Waals surface area contributed by atoms with Crippen LogP contribution in [0.5, 0.6) is 5.75 Å². The molecular weight excluding hydrogens is 510 g/mol. The Balaban J connectivity index is 1.15. The maximum Gasteiger partial charge on any atom is 0.407 e. The number of H-pyrrole nitrogens is 1. The van der Waals surface area contributed by atoms with Gasteiger partial charge in [-0.1, -0.05) is 30.3 Å². The van der Waals surface area contributed by atoms with Crippen LogP contribution < -0.4 is 15.4 Å². The predicted octanol–water partition coefficient (Wildman–Crippen LogP) is 5.18. The molecule has 2 atom stereocenters. The Hall–Kier alpha value is -4.15. The molecule has 2 saturated carbocycles. The zero-order chi connectivity index (χ0) is 27.7. The number of ether oxygens (including phenoxy) is 2. The molecule has 2 aliphatic rings. The summed E-state index contributed by atoms with van der Waals surface area (Å²) in [6, 6.07) is 16.9. The van der Waals surface area contributed by atoms with Gasteiger partial charge in [0.05, 0.1) is 5.56 Å². The van der Waals surface area contributed by atoms with Gasteiger partial charge in [-0.15, -0.1) is 0 Å². The van der Waals surface area contributed by atoms with E-state index in [-0.39, 0.29) is 29.2 Å². The molecule has 2 unspecified atom stereocenters. The Labute approximate surface area is 231 Å². The normalized spacial score (nSPS) is 19.5. The summed E-state index contributed by atoms with van der Waals surface area (Å²) in [5, 5.41) is 35.5. The standard InChI is InChI=1S/C30H33N5O5/c1-30(12-13-30)33-29(38)40-20-8-7-19(15-20)23-16-25(35-34-23)32-27-22-9-10-24(39-17-18-5-3-2-4-6-18)26(28(36)37)21(22)11-14-31-27/h2-6,9-11,14,16,19-20,28,36-37H,7-8,12-13,15,17H2,1H3,(H,33,38)(H2,31,32,34,35). The quantitative estimate of drug-likeness (QED) is 0.182. The van der Waals surface area contributed by atoms with E-state index >= 15 is 0 Å². The zero-order valence-corrected chi connectivity index (χ0v) is 22.3. The number of nitrogens with zero attached hydrogens (tertiary/aromatic N) is 2. The average Bonchev–Trinajstić information content (AvgIpc) is 3.28. The predicted molar refractivity (Wildman–Crippen MR) is 149 cm³/mol. The van der Waals surface area contributed by atoms with Crippen molar-refractivity contribution in [2.24, 2.45) is 0 Å². The second-order valence-electron chi connectivity index (χ2n) is 10.9. The third-order valence-electron chi connectivity index (χ3n) is 7.79. The molecule has 4 aromatic rings. The summed E-state index contributed by atoms with van der Waals surface area (Å²) in [6.07, 6.45) is 3.86. The lowest BCUT2D eigenvalue weighted by Gasteiger charge is -2.17. The van der Waals surface area contributed by atoms with Crippen molar-refractivity contribution >= 4 is 28.5 Å². The third kappa shape index (κ3) is 5.73. The highest BCUT2D eigenvalue weighted by molar-refractivity contribution is 5.96. The highest BCUT2D eigenvalue weighted by Gasteiger charge is 2.40. The van der Waals surface area contributed by atoms with E-state index in [0.29, 0.717) is 34.8 Å². The first kappa shape index (κ1) is 26.1. The molecule has 6 rings (SSSR count). The smallest absolute Gasteiger partial charge is 0.407 e. The number of benzene rings is 2. The Kier molecular flexibility index (Phi) is 7.03. The van der Waals surface area contributed by atoms with Crippen molar-refractivity contribution in [1.29, 1.82) is 0 Å². The van der Waals surface area contributed by atoms with Crippen LogP contribution in [0.3, 0.4) is 0 Å². The number of aromatic nitrogens is 3.